The Kier molecular flexibility index (Phi) is 6.83. The van der Waals surface area contributed by atoms with Gasteiger partial charge in [0.1, 0.15) is 4.90 Å². The van der Waals surface area contributed by atoms with Crippen LogP contribution in [0.5, 0.6) is 0 Å². The Bertz CT molecular complexity index is 1170. The second-order valence-electron chi connectivity index (χ2n) is 6.92. The van der Waals surface area contributed by atoms with Gasteiger partial charge < -0.3 is 15.2 Å². The van der Waals surface area contributed by atoms with Crippen molar-refractivity contribution < 1.29 is 18.0 Å². The van der Waals surface area contributed by atoms with E-state index in [1.165, 1.54) is 32.3 Å². The average molecular weight is 442 g/mol. The number of aromatic nitrogens is 2. The molecule has 2 amide bonds. The number of para-hydroxylation sites is 1. The van der Waals surface area contributed by atoms with E-state index >= 15 is 0 Å². The molecule has 3 rings (SSSR count). The fraction of sp³-hybridized carbons (Fsp3) is 0.190. The molecule has 2 aromatic carbocycles. The Morgan fingerprint density at radius 1 is 1.06 bits per heavy atom. The molecule has 0 saturated carbocycles. The van der Waals surface area contributed by atoms with Gasteiger partial charge in [-0.15, -0.1) is 0 Å². The Morgan fingerprint density at radius 3 is 2.55 bits per heavy atom. The molecule has 1 aromatic heterocycles. The quantitative estimate of drug-likeness (QED) is 0.557. The van der Waals surface area contributed by atoms with Crippen LogP contribution in [0.3, 0.4) is 0 Å². The van der Waals surface area contributed by atoms with Gasteiger partial charge in [-0.05, 0) is 30.3 Å². The van der Waals surface area contributed by atoms with Crippen LogP contribution in [0.4, 0.5) is 11.4 Å². The molecule has 0 aliphatic carbocycles. The van der Waals surface area contributed by atoms with E-state index in [-0.39, 0.29) is 28.5 Å². The van der Waals surface area contributed by atoms with Gasteiger partial charge in [0.15, 0.2) is 0 Å². The van der Waals surface area contributed by atoms with Gasteiger partial charge in [-0.3, -0.25) is 9.59 Å². The molecule has 0 aliphatic rings. The van der Waals surface area contributed by atoms with Crippen molar-refractivity contribution in [3.8, 4) is 0 Å². The number of hydrogen-bond donors (Lipinski definition) is 2. The summed E-state index contributed by atoms with van der Waals surface area (Å²) in [7, 11) is -0.882. The molecule has 3 aromatic rings. The van der Waals surface area contributed by atoms with Crippen LogP contribution in [0.1, 0.15) is 16.8 Å². The van der Waals surface area contributed by atoms with Crippen LogP contribution < -0.4 is 10.6 Å². The molecule has 2 N–H and O–H groups in total. The molecule has 162 valence electrons. The van der Waals surface area contributed by atoms with Gasteiger partial charge in [0.2, 0.25) is 15.9 Å². The number of nitrogens with zero attached hydrogens (tertiary/aromatic N) is 3. The van der Waals surface area contributed by atoms with Crippen molar-refractivity contribution in [1.82, 2.24) is 13.9 Å². The molecule has 1 heterocycles. The van der Waals surface area contributed by atoms with Crippen LogP contribution in [-0.4, -0.2) is 48.2 Å². The van der Waals surface area contributed by atoms with Gasteiger partial charge in [-0.25, -0.2) is 17.7 Å². The molecule has 0 bridgehead atoms. The first-order valence-electron chi connectivity index (χ1n) is 9.46. The minimum Gasteiger partial charge on any atom is -0.337 e. The lowest BCUT2D eigenvalue weighted by Crippen LogP contribution is -2.24. The van der Waals surface area contributed by atoms with E-state index in [0.29, 0.717) is 12.2 Å². The molecule has 0 saturated heterocycles. The third kappa shape index (κ3) is 5.56. The van der Waals surface area contributed by atoms with Gasteiger partial charge in [-0.2, -0.15) is 0 Å². The third-order valence-corrected chi connectivity index (χ3v) is 6.33. The molecular formula is C21H23N5O4S. The second kappa shape index (κ2) is 9.54. The van der Waals surface area contributed by atoms with Gasteiger partial charge in [-0.1, -0.05) is 18.2 Å². The largest absolute Gasteiger partial charge is 0.337 e. The SMILES string of the molecule is CN(C)S(=O)(=O)c1ccccc1NC(=O)c1cccc(NC(=O)CCn2ccnc2)c1. The molecule has 0 spiro atoms. The van der Waals surface area contributed by atoms with Crippen molar-refractivity contribution in [3.63, 3.8) is 0 Å². The molecule has 10 heteroatoms. The van der Waals surface area contributed by atoms with Crippen molar-refractivity contribution >= 4 is 33.2 Å². The number of carbonyl (C=O) groups excluding carboxylic acids is 2. The van der Waals surface area contributed by atoms with E-state index in [2.05, 4.69) is 15.6 Å². The van der Waals surface area contributed by atoms with Gasteiger partial charge in [0, 0.05) is 50.7 Å². The summed E-state index contributed by atoms with van der Waals surface area (Å²) in [5.41, 5.74) is 0.929. The zero-order valence-corrected chi connectivity index (χ0v) is 18.0. The zero-order valence-electron chi connectivity index (χ0n) is 17.1. The van der Waals surface area contributed by atoms with Crippen molar-refractivity contribution in [3.05, 3.63) is 72.8 Å². The van der Waals surface area contributed by atoms with Crippen molar-refractivity contribution in [1.29, 1.82) is 0 Å². The van der Waals surface area contributed by atoms with Gasteiger partial charge in [0.05, 0.1) is 12.0 Å². The molecule has 0 radical (unpaired) electrons. The third-order valence-electron chi connectivity index (χ3n) is 4.46. The van der Waals surface area contributed by atoms with E-state index < -0.39 is 15.9 Å². The number of benzene rings is 2. The highest BCUT2D eigenvalue weighted by Crippen LogP contribution is 2.24. The highest BCUT2D eigenvalue weighted by atomic mass is 32.2. The normalized spacial score (nSPS) is 11.3. The summed E-state index contributed by atoms with van der Waals surface area (Å²) in [6.45, 7) is 0.489. The van der Waals surface area contributed by atoms with E-state index in [1.807, 2.05) is 0 Å². The summed E-state index contributed by atoms with van der Waals surface area (Å²) in [6.07, 6.45) is 5.30. The van der Waals surface area contributed by atoms with Crippen LogP contribution in [0.25, 0.3) is 0 Å². The summed E-state index contributed by atoms with van der Waals surface area (Å²) in [4.78, 5) is 28.8. The molecule has 0 aliphatic heterocycles. The summed E-state index contributed by atoms with van der Waals surface area (Å²) in [5.74, 6) is -0.690. The number of hydrogen-bond acceptors (Lipinski definition) is 5. The number of carbonyl (C=O) groups is 2. The summed E-state index contributed by atoms with van der Waals surface area (Å²) >= 11 is 0. The first-order valence-corrected chi connectivity index (χ1v) is 10.9. The fourth-order valence-electron chi connectivity index (χ4n) is 2.80. The summed E-state index contributed by atoms with van der Waals surface area (Å²) in [5, 5.41) is 5.40. The smallest absolute Gasteiger partial charge is 0.255 e. The number of amides is 2. The van der Waals surface area contributed by atoms with Gasteiger partial charge in [0.25, 0.3) is 5.91 Å². The van der Waals surface area contributed by atoms with Crippen molar-refractivity contribution in [2.24, 2.45) is 0 Å². The fourth-order valence-corrected chi connectivity index (χ4v) is 3.84. The predicted molar refractivity (Wildman–Crippen MR) is 117 cm³/mol. The Balaban J connectivity index is 1.70. The Labute approximate surface area is 180 Å². The van der Waals surface area contributed by atoms with E-state index in [0.717, 1.165) is 4.31 Å². The monoisotopic (exact) mass is 441 g/mol. The van der Waals surface area contributed by atoms with Crippen LogP contribution in [0, 0.1) is 0 Å². The van der Waals surface area contributed by atoms with Gasteiger partial charge >= 0.3 is 0 Å². The first-order chi connectivity index (χ1) is 14.8. The molecular weight excluding hydrogens is 418 g/mol. The lowest BCUT2D eigenvalue weighted by atomic mass is 10.1. The van der Waals surface area contributed by atoms with Crippen LogP contribution >= 0.6 is 0 Å². The number of sulfonamides is 1. The maximum atomic E-state index is 12.7. The second-order valence-corrected chi connectivity index (χ2v) is 9.04. The lowest BCUT2D eigenvalue weighted by molar-refractivity contribution is -0.116. The number of nitrogens with one attached hydrogen (secondary N) is 2. The Hall–Kier alpha value is -3.50. The molecule has 31 heavy (non-hydrogen) atoms. The molecule has 0 unspecified atom stereocenters. The van der Waals surface area contributed by atoms with E-state index in [4.69, 9.17) is 0 Å². The van der Waals surface area contributed by atoms with Crippen LogP contribution in [0.2, 0.25) is 0 Å². The van der Waals surface area contributed by atoms with E-state index in [1.54, 1.807) is 53.6 Å². The highest BCUT2D eigenvalue weighted by molar-refractivity contribution is 7.89. The van der Waals surface area contributed by atoms with Crippen molar-refractivity contribution in [2.75, 3.05) is 24.7 Å². The average Bonchev–Trinajstić information content (AvgIpc) is 3.26. The summed E-state index contributed by atoms with van der Waals surface area (Å²) in [6, 6.07) is 12.6. The summed E-state index contributed by atoms with van der Waals surface area (Å²) < 4.78 is 27.9. The minimum atomic E-state index is -3.73. The van der Waals surface area contributed by atoms with Crippen LogP contribution in [0.15, 0.2) is 72.1 Å². The number of aryl methyl sites for hydroxylation is 1. The van der Waals surface area contributed by atoms with E-state index in [9.17, 15) is 18.0 Å². The van der Waals surface area contributed by atoms with Crippen LogP contribution in [-0.2, 0) is 21.4 Å². The standard InChI is InChI=1S/C21H23N5O4S/c1-25(2)31(29,30)19-9-4-3-8-18(19)24-21(28)16-6-5-7-17(14-16)23-20(27)10-12-26-13-11-22-15-26/h3-9,11,13-15H,10,12H2,1-2H3,(H,23,27)(H,24,28). The molecule has 0 fully saturated rings. The first kappa shape index (κ1) is 22.2. The number of anilines is 2. The highest BCUT2D eigenvalue weighted by Gasteiger charge is 2.22. The Morgan fingerprint density at radius 2 is 1.84 bits per heavy atom. The lowest BCUT2D eigenvalue weighted by Gasteiger charge is -2.16. The number of imidazole rings is 1. The van der Waals surface area contributed by atoms with Crippen molar-refractivity contribution in [2.45, 2.75) is 17.9 Å². The maximum absolute atomic E-state index is 12.7. The topological polar surface area (TPSA) is 113 Å². The number of rotatable bonds is 8. The zero-order chi connectivity index (χ0) is 22.4. The molecule has 0 atom stereocenters. The maximum Gasteiger partial charge on any atom is 0.255 e. The minimum absolute atomic E-state index is 0.00249. The predicted octanol–water partition coefficient (Wildman–Crippen LogP) is 2.41. The molecule has 9 nitrogen and oxygen atoms in total.